The van der Waals surface area contributed by atoms with Crippen molar-refractivity contribution < 1.29 is 14.6 Å². The van der Waals surface area contributed by atoms with E-state index in [4.69, 9.17) is 4.74 Å². The quantitative estimate of drug-likeness (QED) is 0.731. The monoisotopic (exact) mass is 281 g/mol. The molecule has 1 aromatic carbocycles. The van der Waals surface area contributed by atoms with Crippen molar-refractivity contribution in [3.63, 3.8) is 0 Å². The summed E-state index contributed by atoms with van der Waals surface area (Å²) in [6.45, 7) is 2.31. The Bertz CT molecular complexity index is 447. The smallest absolute Gasteiger partial charge is 0.319 e. The van der Waals surface area contributed by atoms with E-state index in [9.17, 15) is 9.90 Å². The van der Waals surface area contributed by atoms with Crippen LogP contribution in [0.25, 0.3) is 0 Å². The van der Waals surface area contributed by atoms with Gasteiger partial charge in [0.25, 0.3) is 0 Å². The van der Waals surface area contributed by atoms with Gasteiger partial charge in [-0.05, 0) is 33.2 Å². The van der Waals surface area contributed by atoms with Gasteiger partial charge in [-0.1, -0.05) is 6.07 Å². The van der Waals surface area contributed by atoms with Gasteiger partial charge in [0.15, 0.2) is 0 Å². The molecule has 6 nitrogen and oxygen atoms in total. The second-order valence-corrected chi connectivity index (χ2v) is 5.27. The third-order valence-electron chi connectivity index (χ3n) is 2.61. The fourth-order valence-electron chi connectivity index (χ4n) is 1.88. The van der Waals surface area contributed by atoms with Crippen LogP contribution in [-0.2, 0) is 0 Å². The zero-order chi connectivity index (χ0) is 15.2. The van der Waals surface area contributed by atoms with Crippen molar-refractivity contribution in [1.82, 2.24) is 10.2 Å². The van der Waals surface area contributed by atoms with Gasteiger partial charge in [0.1, 0.15) is 5.75 Å². The van der Waals surface area contributed by atoms with Gasteiger partial charge in [-0.3, -0.25) is 0 Å². The van der Waals surface area contributed by atoms with E-state index in [0.29, 0.717) is 18.0 Å². The van der Waals surface area contributed by atoms with E-state index in [2.05, 4.69) is 10.6 Å². The van der Waals surface area contributed by atoms with Crippen molar-refractivity contribution in [1.29, 1.82) is 0 Å². The number of hydrogen-bond donors (Lipinski definition) is 3. The maximum atomic E-state index is 11.8. The van der Waals surface area contributed by atoms with Crippen molar-refractivity contribution in [2.45, 2.75) is 12.5 Å². The average molecular weight is 281 g/mol. The normalized spacial score (nSPS) is 13.7. The molecule has 0 saturated carbocycles. The van der Waals surface area contributed by atoms with Gasteiger partial charge in [0, 0.05) is 24.8 Å². The molecule has 0 aromatic heterocycles. The molecule has 0 aliphatic carbocycles. The van der Waals surface area contributed by atoms with Gasteiger partial charge in [0.05, 0.1) is 12.7 Å². The molecule has 1 unspecified atom stereocenters. The number of ether oxygens (including phenoxy) is 1. The van der Waals surface area contributed by atoms with E-state index >= 15 is 0 Å². The van der Waals surface area contributed by atoms with Gasteiger partial charge < -0.3 is 25.4 Å². The molecule has 2 amide bonds. The van der Waals surface area contributed by atoms with Crippen molar-refractivity contribution in [2.75, 3.05) is 39.6 Å². The van der Waals surface area contributed by atoms with Crippen molar-refractivity contribution >= 4 is 11.7 Å². The largest absolute Gasteiger partial charge is 0.497 e. The second-order valence-electron chi connectivity index (χ2n) is 5.27. The Morgan fingerprint density at radius 2 is 2.15 bits per heavy atom. The molecule has 0 fully saturated rings. The summed E-state index contributed by atoms with van der Waals surface area (Å²) >= 11 is 0. The topological polar surface area (TPSA) is 73.8 Å². The molecular weight excluding hydrogens is 258 g/mol. The van der Waals surface area contributed by atoms with Crippen LogP contribution in [-0.4, -0.2) is 55.9 Å². The molecule has 1 rings (SSSR count). The molecule has 3 N–H and O–H groups in total. The summed E-state index contributed by atoms with van der Waals surface area (Å²) in [7, 11) is 5.30. The van der Waals surface area contributed by atoms with Crippen molar-refractivity contribution in [3.8, 4) is 5.75 Å². The number of amides is 2. The first-order chi connectivity index (χ1) is 9.32. The molecule has 112 valence electrons. The molecule has 0 aliphatic rings. The number of hydrogen-bond acceptors (Lipinski definition) is 4. The molecule has 0 spiro atoms. The minimum atomic E-state index is -0.977. The van der Waals surface area contributed by atoms with Crippen LogP contribution in [0.5, 0.6) is 5.75 Å². The Morgan fingerprint density at radius 1 is 1.45 bits per heavy atom. The summed E-state index contributed by atoms with van der Waals surface area (Å²) < 4.78 is 5.08. The van der Waals surface area contributed by atoms with Crippen LogP contribution in [0, 0.1) is 0 Å². The van der Waals surface area contributed by atoms with Crippen molar-refractivity contribution in [3.05, 3.63) is 24.3 Å². The Hall–Kier alpha value is -1.79. The van der Waals surface area contributed by atoms with E-state index in [1.54, 1.807) is 38.3 Å². The lowest BCUT2D eigenvalue weighted by molar-refractivity contribution is 0.0364. The number of rotatable bonds is 6. The van der Waals surface area contributed by atoms with Crippen LogP contribution in [0.15, 0.2) is 24.3 Å². The molecule has 0 radical (unpaired) electrons. The highest BCUT2D eigenvalue weighted by Gasteiger charge is 2.22. The highest BCUT2D eigenvalue weighted by molar-refractivity contribution is 5.89. The molecule has 6 heteroatoms. The highest BCUT2D eigenvalue weighted by atomic mass is 16.5. The number of likely N-dealkylation sites (N-methyl/N-ethyl adjacent to an activating group) is 1. The summed E-state index contributed by atoms with van der Waals surface area (Å²) in [4.78, 5) is 13.6. The van der Waals surface area contributed by atoms with Crippen molar-refractivity contribution in [2.24, 2.45) is 0 Å². The van der Waals surface area contributed by atoms with Crippen LogP contribution < -0.4 is 15.4 Å². The summed E-state index contributed by atoms with van der Waals surface area (Å²) in [5.41, 5.74) is -0.344. The third-order valence-corrected chi connectivity index (χ3v) is 2.61. The fraction of sp³-hybridized carbons (Fsp3) is 0.500. The first-order valence-corrected chi connectivity index (χ1v) is 6.38. The lowest BCUT2D eigenvalue weighted by atomic mass is 10.1. The number of carbonyl (C=O) groups is 1. The summed E-state index contributed by atoms with van der Waals surface area (Å²) in [6.07, 6.45) is 0. The standard InChI is InChI=1S/C14H23N3O3/c1-14(19,10-17(2)3)9-15-13(18)16-11-6-5-7-12(8-11)20-4/h5-8,19H,9-10H2,1-4H3,(H2,15,16,18). The maximum absolute atomic E-state index is 11.8. The fourth-order valence-corrected chi connectivity index (χ4v) is 1.88. The third kappa shape index (κ3) is 5.90. The predicted octanol–water partition coefficient (Wildman–Crippen LogP) is 1.13. The SMILES string of the molecule is COc1cccc(NC(=O)NCC(C)(O)CN(C)C)c1. The molecule has 0 heterocycles. The molecule has 1 aromatic rings. The van der Waals surface area contributed by atoms with Gasteiger partial charge in [-0.25, -0.2) is 4.79 Å². The first kappa shape index (κ1) is 16.3. The van der Waals surface area contributed by atoms with Crippen LogP contribution in [0.4, 0.5) is 10.5 Å². The van der Waals surface area contributed by atoms with E-state index < -0.39 is 5.60 Å². The summed E-state index contributed by atoms with van der Waals surface area (Å²) in [6, 6.07) is 6.71. The molecular formula is C14H23N3O3. The van der Waals surface area contributed by atoms with E-state index in [1.165, 1.54) is 0 Å². The molecule has 20 heavy (non-hydrogen) atoms. The Balaban J connectivity index is 2.47. The molecule has 0 aliphatic heterocycles. The van der Waals surface area contributed by atoms with Gasteiger partial charge in [-0.2, -0.15) is 0 Å². The maximum Gasteiger partial charge on any atom is 0.319 e. The van der Waals surface area contributed by atoms with Gasteiger partial charge in [-0.15, -0.1) is 0 Å². The zero-order valence-corrected chi connectivity index (χ0v) is 12.4. The molecule has 0 saturated heterocycles. The van der Waals surface area contributed by atoms with Crippen LogP contribution >= 0.6 is 0 Å². The number of carbonyl (C=O) groups excluding carboxylic acids is 1. The van der Waals surface area contributed by atoms with E-state index in [0.717, 1.165) is 0 Å². The number of anilines is 1. The number of benzene rings is 1. The molecule has 1 atom stereocenters. The number of urea groups is 1. The second kappa shape index (κ2) is 7.12. The Morgan fingerprint density at radius 3 is 2.75 bits per heavy atom. The van der Waals surface area contributed by atoms with Gasteiger partial charge in [0.2, 0.25) is 0 Å². The highest BCUT2D eigenvalue weighted by Crippen LogP contribution is 2.16. The Kier molecular flexibility index (Phi) is 5.79. The van der Waals surface area contributed by atoms with E-state index in [-0.39, 0.29) is 12.6 Å². The lowest BCUT2D eigenvalue weighted by Crippen LogP contribution is -2.48. The van der Waals surface area contributed by atoms with E-state index in [1.807, 2.05) is 19.0 Å². The minimum absolute atomic E-state index is 0.168. The van der Waals surface area contributed by atoms with Gasteiger partial charge >= 0.3 is 6.03 Å². The van der Waals surface area contributed by atoms with Crippen LogP contribution in [0.1, 0.15) is 6.92 Å². The number of nitrogens with zero attached hydrogens (tertiary/aromatic N) is 1. The average Bonchev–Trinajstić information content (AvgIpc) is 2.35. The predicted molar refractivity (Wildman–Crippen MR) is 79.2 cm³/mol. The molecule has 0 bridgehead atoms. The number of nitrogens with one attached hydrogen (secondary N) is 2. The summed E-state index contributed by atoms with van der Waals surface area (Å²) in [5.74, 6) is 0.669. The number of aliphatic hydroxyl groups is 1. The Labute approximate surface area is 119 Å². The lowest BCUT2D eigenvalue weighted by Gasteiger charge is -2.27. The zero-order valence-electron chi connectivity index (χ0n) is 12.4. The number of methoxy groups -OCH3 is 1. The van der Waals surface area contributed by atoms with Crippen LogP contribution in [0.3, 0.4) is 0 Å². The minimum Gasteiger partial charge on any atom is -0.497 e. The van der Waals surface area contributed by atoms with Crippen LogP contribution in [0.2, 0.25) is 0 Å². The first-order valence-electron chi connectivity index (χ1n) is 6.38. The summed E-state index contributed by atoms with van der Waals surface area (Å²) in [5, 5.41) is 15.4.